The predicted molar refractivity (Wildman–Crippen MR) is 63.9 cm³/mol. The summed E-state index contributed by atoms with van der Waals surface area (Å²) in [5, 5.41) is 3.02. The smallest absolute Gasteiger partial charge is 0.453 e. The van der Waals surface area contributed by atoms with E-state index < -0.39 is 24.5 Å². The number of alkyl halides is 3. The van der Waals surface area contributed by atoms with E-state index >= 15 is 0 Å². The Balaban J connectivity index is 2.19. The molecule has 2 unspecified atom stereocenters. The van der Waals surface area contributed by atoms with Gasteiger partial charge in [-0.25, -0.2) is 4.79 Å². The van der Waals surface area contributed by atoms with Crippen molar-refractivity contribution in [1.82, 2.24) is 5.32 Å². The van der Waals surface area contributed by atoms with E-state index in [1.54, 1.807) is 31.2 Å². The lowest BCUT2D eigenvalue weighted by Crippen LogP contribution is -2.45. The normalized spacial score (nSPS) is 22.4. The Hall–Kier alpha value is -1.76. The maximum Gasteiger partial charge on any atom is 0.491 e. The largest absolute Gasteiger partial charge is 0.491 e. The van der Waals surface area contributed by atoms with Crippen molar-refractivity contribution in [2.75, 3.05) is 0 Å². The minimum atomic E-state index is -5.03. The number of halogens is 3. The molecule has 2 rings (SSSR count). The molecule has 1 aromatic carbocycles. The van der Waals surface area contributed by atoms with Crippen LogP contribution in [0.25, 0.3) is 0 Å². The molecule has 0 saturated heterocycles. The highest BCUT2D eigenvalue weighted by Crippen LogP contribution is 2.26. The molecule has 0 bridgehead atoms. The molecule has 4 nitrogen and oxygen atoms in total. The molecule has 0 aromatic heterocycles. The quantitative estimate of drug-likeness (QED) is 0.849. The van der Waals surface area contributed by atoms with Crippen LogP contribution in [0.15, 0.2) is 24.3 Å². The van der Waals surface area contributed by atoms with Crippen LogP contribution in [-0.2, 0) is 16.1 Å². The van der Waals surface area contributed by atoms with E-state index in [-0.39, 0.29) is 0 Å². The van der Waals surface area contributed by atoms with Gasteiger partial charge in [-0.1, -0.05) is 25.1 Å². The number of benzene rings is 1. The number of carbonyl (C=O) groups is 1. The molecule has 1 N–H and O–H groups in total. The van der Waals surface area contributed by atoms with Gasteiger partial charge in [0.25, 0.3) is 6.29 Å². The number of rotatable bonds is 2. The predicted octanol–water partition coefficient (Wildman–Crippen LogP) is 2.38. The molecular formula is C13H14F3NO3. The highest BCUT2D eigenvalue weighted by Gasteiger charge is 2.44. The van der Waals surface area contributed by atoms with Crippen molar-refractivity contribution in [3.63, 3.8) is 0 Å². The lowest BCUT2D eigenvalue weighted by molar-refractivity contribution is -0.218. The second kappa shape index (κ2) is 5.70. The van der Waals surface area contributed by atoms with E-state index in [2.05, 4.69) is 10.1 Å². The summed E-state index contributed by atoms with van der Waals surface area (Å²) in [4.78, 5) is 11.0. The summed E-state index contributed by atoms with van der Waals surface area (Å²) in [5.41, 5.74) is 0.802. The van der Waals surface area contributed by atoms with Crippen molar-refractivity contribution in [1.29, 1.82) is 0 Å². The monoisotopic (exact) mass is 289 g/mol. The number of carbonyl (C=O) groups excluding carboxylic acids is 1. The average molecular weight is 289 g/mol. The standard InChI is InChI=1S/C13H14F3NO3/c1-2-9-11(20-12(18)13(14,15)16)19-10-6-4-3-5-8(10)7-17-9/h3-6,9,11,17H,2,7H2,1H3. The van der Waals surface area contributed by atoms with Gasteiger partial charge in [0, 0.05) is 12.1 Å². The van der Waals surface area contributed by atoms with Crippen LogP contribution < -0.4 is 10.1 Å². The van der Waals surface area contributed by atoms with E-state index in [4.69, 9.17) is 4.74 Å². The molecule has 0 radical (unpaired) electrons. The van der Waals surface area contributed by atoms with Crippen LogP contribution in [0.5, 0.6) is 5.75 Å². The molecule has 0 fully saturated rings. The molecule has 0 amide bonds. The van der Waals surface area contributed by atoms with E-state index in [0.717, 1.165) is 5.56 Å². The van der Waals surface area contributed by atoms with Gasteiger partial charge in [-0.2, -0.15) is 13.2 Å². The first-order chi connectivity index (χ1) is 9.41. The van der Waals surface area contributed by atoms with Gasteiger partial charge in [0.1, 0.15) is 5.75 Å². The van der Waals surface area contributed by atoms with E-state index in [9.17, 15) is 18.0 Å². The van der Waals surface area contributed by atoms with Crippen molar-refractivity contribution in [3.8, 4) is 5.75 Å². The Labute approximate surface area is 113 Å². The summed E-state index contributed by atoms with van der Waals surface area (Å²) in [6, 6.07) is 6.42. The van der Waals surface area contributed by atoms with Crippen molar-refractivity contribution in [3.05, 3.63) is 29.8 Å². The Kier molecular flexibility index (Phi) is 4.17. The third kappa shape index (κ3) is 3.22. The number of esters is 1. The van der Waals surface area contributed by atoms with Crippen molar-refractivity contribution in [2.24, 2.45) is 0 Å². The molecule has 0 spiro atoms. The van der Waals surface area contributed by atoms with Crippen molar-refractivity contribution < 1.29 is 27.4 Å². The number of nitrogens with one attached hydrogen (secondary N) is 1. The molecule has 110 valence electrons. The summed E-state index contributed by atoms with van der Waals surface area (Å²) in [7, 11) is 0. The number of hydrogen-bond acceptors (Lipinski definition) is 4. The topological polar surface area (TPSA) is 47.6 Å². The fraction of sp³-hybridized carbons (Fsp3) is 0.462. The van der Waals surface area contributed by atoms with Crippen LogP contribution >= 0.6 is 0 Å². The summed E-state index contributed by atoms with van der Waals surface area (Å²) in [6.07, 6.45) is -5.88. The highest BCUT2D eigenvalue weighted by molar-refractivity contribution is 5.75. The van der Waals surface area contributed by atoms with E-state index in [0.29, 0.717) is 18.7 Å². The lowest BCUT2D eigenvalue weighted by atomic mass is 10.2. The number of ether oxygens (including phenoxy) is 2. The maximum atomic E-state index is 12.3. The Morgan fingerprint density at radius 1 is 1.45 bits per heavy atom. The van der Waals surface area contributed by atoms with Crippen LogP contribution in [0.2, 0.25) is 0 Å². The van der Waals surface area contributed by atoms with Crippen LogP contribution in [-0.4, -0.2) is 24.5 Å². The Morgan fingerprint density at radius 2 is 2.15 bits per heavy atom. The summed E-state index contributed by atoms with van der Waals surface area (Å²) in [6.45, 7) is 2.21. The van der Waals surface area contributed by atoms with Gasteiger partial charge in [0.2, 0.25) is 0 Å². The summed E-state index contributed by atoms with van der Waals surface area (Å²) < 4.78 is 46.7. The van der Waals surface area contributed by atoms with Crippen LogP contribution in [0.3, 0.4) is 0 Å². The molecule has 0 saturated carbocycles. The molecule has 1 aliphatic heterocycles. The third-order valence-electron chi connectivity index (χ3n) is 2.99. The maximum absolute atomic E-state index is 12.3. The highest BCUT2D eigenvalue weighted by atomic mass is 19.4. The van der Waals surface area contributed by atoms with E-state index in [1.807, 2.05) is 0 Å². The van der Waals surface area contributed by atoms with E-state index in [1.165, 1.54) is 0 Å². The number of hydrogen-bond donors (Lipinski definition) is 1. The molecule has 20 heavy (non-hydrogen) atoms. The fourth-order valence-electron chi connectivity index (χ4n) is 1.92. The minimum Gasteiger partial charge on any atom is -0.453 e. The van der Waals surface area contributed by atoms with Gasteiger partial charge in [-0.15, -0.1) is 0 Å². The molecule has 2 atom stereocenters. The Morgan fingerprint density at radius 3 is 2.80 bits per heavy atom. The molecule has 7 heteroatoms. The second-order valence-electron chi connectivity index (χ2n) is 4.39. The first-order valence-corrected chi connectivity index (χ1v) is 6.17. The third-order valence-corrected chi connectivity index (χ3v) is 2.99. The molecule has 1 aromatic rings. The molecule has 1 heterocycles. The first kappa shape index (κ1) is 14.6. The summed E-state index contributed by atoms with van der Waals surface area (Å²) >= 11 is 0. The lowest BCUT2D eigenvalue weighted by Gasteiger charge is -2.25. The van der Waals surface area contributed by atoms with Gasteiger partial charge in [-0.05, 0) is 12.5 Å². The van der Waals surface area contributed by atoms with Gasteiger partial charge < -0.3 is 14.8 Å². The van der Waals surface area contributed by atoms with Crippen LogP contribution in [0.1, 0.15) is 18.9 Å². The number of fused-ring (bicyclic) bond motifs is 1. The average Bonchev–Trinajstić information content (AvgIpc) is 2.56. The fourth-order valence-corrected chi connectivity index (χ4v) is 1.92. The zero-order valence-electron chi connectivity index (χ0n) is 10.7. The van der Waals surface area contributed by atoms with Crippen LogP contribution in [0, 0.1) is 0 Å². The van der Waals surface area contributed by atoms with Crippen molar-refractivity contribution in [2.45, 2.75) is 38.4 Å². The summed E-state index contributed by atoms with van der Waals surface area (Å²) in [5.74, 6) is -1.84. The first-order valence-electron chi connectivity index (χ1n) is 6.17. The molecular weight excluding hydrogens is 275 g/mol. The van der Waals surface area contributed by atoms with Crippen molar-refractivity contribution >= 4 is 5.97 Å². The van der Waals surface area contributed by atoms with Gasteiger partial charge >= 0.3 is 12.1 Å². The van der Waals surface area contributed by atoms with Crippen LogP contribution in [0.4, 0.5) is 13.2 Å². The number of para-hydroxylation sites is 1. The van der Waals surface area contributed by atoms with Gasteiger partial charge in [0.15, 0.2) is 0 Å². The Bertz CT molecular complexity index is 490. The van der Waals surface area contributed by atoms with Gasteiger partial charge in [0.05, 0.1) is 6.04 Å². The SMILES string of the molecule is CCC1NCc2ccccc2OC1OC(=O)C(F)(F)F. The molecule has 1 aliphatic rings. The zero-order valence-corrected chi connectivity index (χ0v) is 10.7. The molecule has 0 aliphatic carbocycles. The minimum absolute atomic E-state index is 0.413. The second-order valence-corrected chi connectivity index (χ2v) is 4.39. The van der Waals surface area contributed by atoms with Gasteiger partial charge in [-0.3, -0.25) is 0 Å². The zero-order chi connectivity index (χ0) is 14.8.